The third-order valence-electron chi connectivity index (χ3n) is 3.52. The van der Waals surface area contributed by atoms with Crippen LogP contribution in [0.5, 0.6) is 0 Å². The lowest BCUT2D eigenvalue weighted by atomic mass is 9.90. The molecule has 0 unspecified atom stereocenters. The van der Waals surface area contributed by atoms with E-state index in [1.807, 2.05) is 0 Å². The van der Waals surface area contributed by atoms with Crippen molar-refractivity contribution in [1.82, 2.24) is 4.90 Å². The van der Waals surface area contributed by atoms with Crippen molar-refractivity contribution >= 4 is 0 Å². The van der Waals surface area contributed by atoms with E-state index in [0.717, 1.165) is 32.0 Å². The van der Waals surface area contributed by atoms with Crippen LogP contribution in [0.25, 0.3) is 0 Å². The molecule has 1 aliphatic rings. The van der Waals surface area contributed by atoms with Crippen LogP contribution in [0, 0.1) is 28.9 Å². The lowest BCUT2D eigenvalue weighted by Gasteiger charge is -2.30. The Kier molecular flexibility index (Phi) is 4.27. The van der Waals surface area contributed by atoms with Gasteiger partial charge in [-0.2, -0.15) is 5.26 Å². The lowest BCUT2D eigenvalue weighted by Crippen LogP contribution is -2.34. The Balaban J connectivity index is 1.92. The average molecular weight is 250 g/mol. The minimum absolute atomic E-state index is 0.323. The van der Waals surface area contributed by atoms with Gasteiger partial charge < -0.3 is 0 Å². The predicted molar refractivity (Wildman–Crippen MR) is 64.8 cm³/mol. The van der Waals surface area contributed by atoms with Crippen molar-refractivity contribution < 1.29 is 8.78 Å². The van der Waals surface area contributed by atoms with E-state index in [1.54, 1.807) is 0 Å². The zero-order chi connectivity index (χ0) is 13.0. The normalized spacial score (nSPS) is 17.6. The fourth-order valence-corrected chi connectivity index (χ4v) is 2.46. The van der Waals surface area contributed by atoms with E-state index in [4.69, 9.17) is 5.26 Å². The van der Waals surface area contributed by atoms with Gasteiger partial charge in [-0.15, -0.1) is 0 Å². The molecule has 0 aliphatic carbocycles. The summed E-state index contributed by atoms with van der Waals surface area (Å²) in [5, 5.41) is 8.60. The van der Waals surface area contributed by atoms with Crippen molar-refractivity contribution in [2.24, 2.45) is 5.92 Å². The molecule has 0 atom stereocenters. The number of rotatable bonds is 3. The molecule has 0 spiro atoms. The van der Waals surface area contributed by atoms with Gasteiger partial charge >= 0.3 is 0 Å². The highest BCUT2D eigenvalue weighted by atomic mass is 19.1. The standard InChI is InChI=1S/C14H16F2N2/c15-13-1-2-14(16)12(10-13)9-11-3-6-18(7-4-11)8-5-17/h1-2,10-11H,3-4,6-9H2. The van der Waals surface area contributed by atoms with Gasteiger partial charge in [-0.25, -0.2) is 8.78 Å². The van der Waals surface area contributed by atoms with E-state index in [-0.39, 0.29) is 11.6 Å². The van der Waals surface area contributed by atoms with Crippen LogP contribution in [0.3, 0.4) is 0 Å². The van der Waals surface area contributed by atoms with Crippen LogP contribution in [0.1, 0.15) is 18.4 Å². The van der Waals surface area contributed by atoms with Gasteiger partial charge in [0.25, 0.3) is 0 Å². The molecule has 0 amide bonds. The van der Waals surface area contributed by atoms with Crippen molar-refractivity contribution in [1.29, 1.82) is 5.26 Å². The van der Waals surface area contributed by atoms with Crippen molar-refractivity contribution in [3.05, 3.63) is 35.4 Å². The summed E-state index contributed by atoms with van der Waals surface area (Å²) in [5.41, 5.74) is 0.466. The average Bonchev–Trinajstić information content (AvgIpc) is 2.37. The summed E-state index contributed by atoms with van der Waals surface area (Å²) in [4.78, 5) is 2.10. The molecule has 1 heterocycles. The lowest BCUT2D eigenvalue weighted by molar-refractivity contribution is 0.201. The van der Waals surface area contributed by atoms with Crippen LogP contribution < -0.4 is 0 Å². The summed E-state index contributed by atoms with van der Waals surface area (Å²) < 4.78 is 26.6. The second-order valence-electron chi connectivity index (χ2n) is 4.82. The molecule has 96 valence electrons. The van der Waals surface area contributed by atoms with Crippen LogP contribution in [-0.2, 0) is 6.42 Å². The van der Waals surface area contributed by atoms with E-state index < -0.39 is 0 Å². The first kappa shape index (κ1) is 13.0. The number of benzene rings is 1. The Morgan fingerprint density at radius 1 is 1.28 bits per heavy atom. The summed E-state index contributed by atoms with van der Waals surface area (Å²) in [6, 6.07) is 5.76. The smallest absolute Gasteiger partial charge is 0.126 e. The third-order valence-corrected chi connectivity index (χ3v) is 3.52. The molecular weight excluding hydrogens is 234 g/mol. The monoisotopic (exact) mass is 250 g/mol. The second-order valence-corrected chi connectivity index (χ2v) is 4.82. The molecule has 0 bridgehead atoms. The molecule has 0 saturated carbocycles. The largest absolute Gasteiger partial charge is 0.291 e. The van der Waals surface area contributed by atoms with Gasteiger partial charge in [0, 0.05) is 0 Å². The van der Waals surface area contributed by atoms with Gasteiger partial charge in [0.15, 0.2) is 0 Å². The number of hydrogen-bond acceptors (Lipinski definition) is 2. The molecule has 0 N–H and O–H groups in total. The minimum atomic E-state index is -0.381. The van der Waals surface area contributed by atoms with E-state index in [1.165, 1.54) is 12.1 Å². The predicted octanol–water partition coefficient (Wildman–Crippen LogP) is 2.74. The summed E-state index contributed by atoms with van der Waals surface area (Å²) in [5.74, 6) is -0.319. The highest BCUT2D eigenvalue weighted by molar-refractivity contribution is 5.19. The minimum Gasteiger partial charge on any atom is -0.291 e. The maximum Gasteiger partial charge on any atom is 0.126 e. The third kappa shape index (κ3) is 3.27. The maximum atomic E-state index is 13.5. The summed E-state index contributed by atoms with van der Waals surface area (Å²) in [6.45, 7) is 2.20. The molecule has 18 heavy (non-hydrogen) atoms. The zero-order valence-electron chi connectivity index (χ0n) is 10.2. The molecule has 1 aromatic rings. The Morgan fingerprint density at radius 2 is 2.00 bits per heavy atom. The van der Waals surface area contributed by atoms with Crippen molar-refractivity contribution in [2.75, 3.05) is 19.6 Å². The van der Waals surface area contributed by atoms with Gasteiger partial charge in [-0.05, 0) is 62.0 Å². The van der Waals surface area contributed by atoms with Crippen LogP contribution in [0.4, 0.5) is 8.78 Å². The number of halogens is 2. The summed E-state index contributed by atoms with van der Waals surface area (Å²) in [7, 11) is 0. The van der Waals surface area contributed by atoms with Crippen molar-refractivity contribution in [3.8, 4) is 6.07 Å². The molecular formula is C14H16F2N2. The van der Waals surface area contributed by atoms with Crippen molar-refractivity contribution in [3.63, 3.8) is 0 Å². The van der Waals surface area contributed by atoms with Crippen molar-refractivity contribution in [2.45, 2.75) is 19.3 Å². The van der Waals surface area contributed by atoms with E-state index in [2.05, 4.69) is 11.0 Å². The van der Waals surface area contributed by atoms with Gasteiger partial charge in [0.2, 0.25) is 0 Å². The molecule has 1 aromatic carbocycles. The molecule has 1 saturated heterocycles. The highest BCUT2D eigenvalue weighted by Crippen LogP contribution is 2.23. The van der Waals surface area contributed by atoms with Crippen LogP contribution in [-0.4, -0.2) is 24.5 Å². The zero-order valence-corrected chi connectivity index (χ0v) is 10.2. The first-order chi connectivity index (χ1) is 8.69. The fraction of sp³-hybridized carbons (Fsp3) is 0.500. The first-order valence-corrected chi connectivity index (χ1v) is 6.22. The Labute approximate surface area is 106 Å². The molecule has 1 fully saturated rings. The first-order valence-electron chi connectivity index (χ1n) is 6.22. The maximum absolute atomic E-state index is 13.5. The Morgan fingerprint density at radius 3 is 2.67 bits per heavy atom. The number of likely N-dealkylation sites (tertiary alicyclic amines) is 1. The molecule has 1 aliphatic heterocycles. The molecule has 4 heteroatoms. The number of hydrogen-bond donors (Lipinski definition) is 0. The Bertz CT molecular complexity index is 446. The van der Waals surface area contributed by atoms with Gasteiger partial charge in [-0.3, -0.25) is 4.90 Å². The molecule has 0 radical (unpaired) electrons. The topological polar surface area (TPSA) is 27.0 Å². The Hall–Kier alpha value is -1.47. The van der Waals surface area contributed by atoms with Gasteiger partial charge in [-0.1, -0.05) is 0 Å². The van der Waals surface area contributed by atoms with Crippen LogP contribution in [0.2, 0.25) is 0 Å². The summed E-state index contributed by atoms with van der Waals surface area (Å²) >= 11 is 0. The van der Waals surface area contributed by atoms with E-state index in [9.17, 15) is 8.78 Å². The molecule has 2 nitrogen and oxygen atoms in total. The number of nitriles is 1. The van der Waals surface area contributed by atoms with Gasteiger partial charge in [0.05, 0.1) is 12.6 Å². The SMILES string of the molecule is N#CCN1CCC(Cc2cc(F)ccc2F)CC1. The highest BCUT2D eigenvalue weighted by Gasteiger charge is 2.20. The second kappa shape index (κ2) is 5.92. The summed E-state index contributed by atoms with van der Waals surface area (Å²) in [6.07, 6.45) is 2.47. The van der Waals surface area contributed by atoms with Crippen LogP contribution >= 0.6 is 0 Å². The molecule has 0 aromatic heterocycles. The fourth-order valence-electron chi connectivity index (χ4n) is 2.46. The van der Waals surface area contributed by atoms with E-state index in [0.29, 0.717) is 24.4 Å². The van der Waals surface area contributed by atoms with Crippen LogP contribution in [0.15, 0.2) is 18.2 Å². The number of piperidine rings is 1. The molecule has 2 rings (SSSR count). The number of nitrogens with zero attached hydrogens (tertiary/aromatic N) is 2. The van der Waals surface area contributed by atoms with E-state index >= 15 is 0 Å². The quantitative estimate of drug-likeness (QED) is 0.771. The van der Waals surface area contributed by atoms with Gasteiger partial charge in [0.1, 0.15) is 11.6 Å².